The Morgan fingerprint density at radius 3 is 2.40 bits per heavy atom. The van der Waals surface area contributed by atoms with Crippen LogP contribution in [0.5, 0.6) is 0 Å². The minimum atomic E-state index is -0.707. The monoisotopic (exact) mass is 175 g/mol. The summed E-state index contributed by atoms with van der Waals surface area (Å²) in [7, 11) is 0. The van der Waals surface area contributed by atoms with Gasteiger partial charge in [0.25, 0.3) is 0 Å². The fraction of sp³-hybridized carbons (Fsp3) is 0.429. The van der Waals surface area contributed by atoms with Crippen LogP contribution in [-0.4, -0.2) is 5.11 Å². The van der Waals surface area contributed by atoms with Crippen LogP contribution in [0.1, 0.15) is 19.4 Å². The lowest BCUT2D eigenvalue weighted by molar-refractivity contribution is 0.0789. The minimum Gasteiger partial charge on any atom is -0.386 e. The van der Waals surface area contributed by atoms with Crippen LogP contribution in [0.2, 0.25) is 0 Å². The highest BCUT2D eigenvalue weighted by molar-refractivity contribution is 7.62. The van der Waals surface area contributed by atoms with Crippen molar-refractivity contribution in [1.29, 1.82) is 0 Å². The zero-order valence-corrected chi connectivity index (χ0v) is 7.83. The molecule has 0 aliphatic carbocycles. The Bertz CT molecular complexity index is 222. The van der Waals surface area contributed by atoms with Gasteiger partial charge in [-0.05, 0) is 19.4 Å². The van der Waals surface area contributed by atoms with E-state index in [0.717, 1.165) is 9.77 Å². The molecule has 0 radical (unpaired) electrons. The third-order valence-electron chi connectivity index (χ3n) is 1.31. The van der Waals surface area contributed by atoms with Gasteiger partial charge in [-0.3, -0.25) is 0 Å². The molecule has 1 heterocycles. The smallest absolute Gasteiger partial charge is 0.204 e. The zero-order valence-electron chi connectivity index (χ0n) is 6.01. The first kappa shape index (κ1) is 8.11. The van der Waals surface area contributed by atoms with E-state index >= 15 is 0 Å². The van der Waals surface area contributed by atoms with E-state index in [1.165, 1.54) is 0 Å². The summed E-state index contributed by atoms with van der Waals surface area (Å²) in [4.78, 5) is 0. The van der Waals surface area contributed by atoms with Gasteiger partial charge in [-0.2, -0.15) is 0 Å². The highest BCUT2D eigenvalue weighted by Gasteiger charge is 2.17. The van der Waals surface area contributed by atoms with Gasteiger partial charge < -0.3 is 5.11 Å². The summed E-state index contributed by atoms with van der Waals surface area (Å²) in [6.45, 7) is 3.56. The molecule has 1 aromatic heterocycles. The third kappa shape index (κ3) is 1.75. The summed E-state index contributed by atoms with van der Waals surface area (Å²) in [5.74, 6) is 0. The first-order valence-electron chi connectivity index (χ1n) is 3.03. The molecule has 0 atom stereocenters. The third-order valence-corrected chi connectivity index (χ3v) is 2.55. The molecule has 0 amide bonds. The zero-order chi connectivity index (χ0) is 7.78. The fourth-order valence-electron chi connectivity index (χ4n) is 0.657. The van der Waals surface area contributed by atoms with Gasteiger partial charge in [-0.1, -0.05) is 11.3 Å². The summed E-state index contributed by atoms with van der Waals surface area (Å²) >= 11 is 4.96. The van der Waals surface area contributed by atoms with Crippen molar-refractivity contribution in [2.24, 2.45) is 0 Å². The summed E-state index contributed by atoms with van der Waals surface area (Å²) in [6.07, 6.45) is 0. The molecule has 1 N–H and O–H groups in total. The molecule has 0 fully saturated rings. The number of hydrogen-bond donors (Lipinski definition) is 1. The van der Waals surface area contributed by atoms with Crippen LogP contribution in [0.15, 0.2) is 15.7 Å². The van der Waals surface area contributed by atoms with E-state index in [2.05, 4.69) is 12.6 Å². The Kier molecular flexibility index (Phi) is 2.08. The van der Waals surface area contributed by atoms with Crippen LogP contribution in [0.3, 0.4) is 0 Å². The number of aliphatic hydroxyl groups is 1. The summed E-state index contributed by atoms with van der Waals surface area (Å²) in [5.41, 5.74) is 0.254. The van der Waals surface area contributed by atoms with Gasteiger partial charge in [0, 0.05) is 24.1 Å². The molecule has 1 nitrogen and oxygen atoms in total. The highest BCUT2D eigenvalue weighted by Crippen LogP contribution is 2.24. The second kappa shape index (κ2) is 2.57. The standard InChI is InChI=1S/C7H10OS2/c1-7(2,8)5-3-6(9)10-4-5/h3-4,8-9H,1-2H3/p+1. The molecule has 0 unspecified atom stereocenters. The molecule has 0 aromatic carbocycles. The van der Waals surface area contributed by atoms with Gasteiger partial charge in [0.2, 0.25) is 4.21 Å². The Hall–Kier alpha value is 0.01000. The first-order valence-corrected chi connectivity index (χ1v) is 4.41. The molecule has 0 aliphatic rings. The number of rotatable bonds is 1. The summed E-state index contributed by atoms with van der Waals surface area (Å²) < 4.78 is 1.05. The fourth-order valence-corrected chi connectivity index (χ4v) is 1.79. The maximum atomic E-state index is 9.49. The second-order valence-corrected chi connectivity index (χ2v) is 4.57. The normalized spacial score (nSPS) is 12.0. The average molecular weight is 175 g/mol. The molecule has 0 saturated carbocycles. The SMILES string of the molecule is CC(C)(O)c1csc([SH2+])c1. The highest BCUT2D eigenvalue weighted by atomic mass is 32.2. The average Bonchev–Trinajstić information content (AvgIpc) is 2.11. The lowest BCUT2D eigenvalue weighted by Gasteiger charge is -2.13. The molecule has 56 valence electrons. The van der Waals surface area contributed by atoms with E-state index in [0.29, 0.717) is 0 Å². The molecule has 0 aliphatic heterocycles. The van der Waals surface area contributed by atoms with Crippen molar-refractivity contribution in [2.45, 2.75) is 23.7 Å². The first-order chi connectivity index (χ1) is 4.50. The Morgan fingerprint density at radius 2 is 2.20 bits per heavy atom. The van der Waals surface area contributed by atoms with E-state index < -0.39 is 5.60 Å². The molecule has 0 spiro atoms. The lowest BCUT2D eigenvalue weighted by atomic mass is 10.0. The summed E-state index contributed by atoms with van der Waals surface area (Å²) in [5, 5.41) is 11.4. The predicted molar refractivity (Wildman–Crippen MR) is 48.0 cm³/mol. The molecule has 0 bridgehead atoms. The maximum Gasteiger partial charge on any atom is 0.204 e. The van der Waals surface area contributed by atoms with Crippen LogP contribution in [0.25, 0.3) is 0 Å². The van der Waals surface area contributed by atoms with Crippen LogP contribution in [0, 0.1) is 0 Å². The van der Waals surface area contributed by atoms with Crippen LogP contribution in [-0.2, 0) is 18.2 Å². The van der Waals surface area contributed by atoms with Gasteiger partial charge in [0.15, 0.2) is 0 Å². The van der Waals surface area contributed by atoms with Gasteiger partial charge in [0.1, 0.15) is 0 Å². The van der Waals surface area contributed by atoms with Crippen molar-refractivity contribution in [3.63, 3.8) is 0 Å². The Balaban J connectivity index is 2.96. The largest absolute Gasteiger partial charge is 0.386 e. The van der Waals surface area contributed by atoms with Crippen LogP contribution in [0.4, 0.5) is 0 Å². The van der Waals surface area contributed by atoms with E-state index in [1.54, 1.807) is 25.2 Å². The van der Waals surface area contributed by atoms with Gasteiger partial charge in [-0.15, -0.1) is 0 Å². The van der Waals surface area contributed by atoms with Crippen molar-refractivity contribution in [3.05, 3.63) is 17.0 Å². The van der Waals surface area contributed by atoms with Crippen molar-refractivity contribution >= 4 is 24.0 Å². The van der Waals surface area contributed by atoms with E-state index in [9.17, 15) is 5.11 Å². The van der Waals surface area contributed by atoms with Gasteiger partial charge in [0.05, 0.1) is 5.60 Å². The molecule has 1 rings (SSSR count). The number of thiophene rings is 1. The Labute approximate surface area is 70.1 Å². The molecule has 3 heteroatoms. The molecule has 0 saturated heterocycles. The second-order valence-electron chi connectivity index (χ2n) is 2.76. The van der Waals surface area contributed by atoms with Crippen molar-refractivity contribution < 1.29 is 5.11 Å². The van der Waals surface area contributed by atoms with Gasteiger partial charge >= 0.3 is 0 Å². The maximum absolute atomic E-state index is 9.49. The van der Waals surface area contributed by atoms with Crippen molar-refractivity contribution in [3.8, 4) is 0 Å². The summed E-state index contributed by atoms with van der Waals surface area (Å²) in [6, 6.07) is 1.93. The molecule has 10 heavy (non-hydrogen) atoms. The topological polar surface area (TPSA) is 20.2 Å². The lowest BCUT2D eigenvalue weighted by Crippen LogP contribution is -2.13. The van der Waals surface area contributed by atoms with Gasteiger partial charge in [-0.25, -0.2) is 0 Å². The van der Waals surface area contributed by atoms with E-state index in [-0.39, 0.29) is 0 Å². The van der Waals surface area contributed by atoms with Crippen LogP contribution >= 0.6 is 11.3 Å². The van der Waals surface area contributed by atoms with Crippen molar-refractivity contribution in [1.82, 2.24) is 0 Å². The van der Waals surface area contributed by atoms with E-state index in [4.69, 9.17) is 0 Å². The molecule has 1 aromatic rings. The quantitative estimate of drug-likeness (QED) is 0.639. The molecular formula is C7H11OS2+. The van der Waals surface area contributed by atoms with Crippen molar-refractivity contribution in [2.75, 3.05) is 0 Å². The predicted octanol–water partition coefficient (Wildman–Crippen LogP) is 1.35. The number of hydrogen-bond acceptors (Lipinski definition) is 2. The van der Waals surface area contributed by atoms with E-state index in [1.807, 2.05) is 11.4 Å². The Morgan fingerprint density at radius 1 is 1.60 bits per heavy atom. The van der Waals surface area contributed by atoms with Crippen LogP contribution < -0.4 is 0 Å². The minimum absolute atomic E-state index is 0.707. The molecular weight excluding hydrogens is 164 g/mol.